The second kappa shape index (κ2) is 14.1. The summed E-state index contributed by atoms with van der Waals surface area (Å²) in [6, 6.07) is 6.01. The molecule has 0 spiro atoms. The van der Waals surface area contributed by atoms with Gasteiger partial charge in [-0.2, -0.15) is 44.0 Å². The van der Waals surface area contributed by atoms with Gasteiger partial charge in [-0.3, -0.25) is 13.7 Å². The number of anilines is 2. The van der Waals surface area contributed by atoms with Crippen molar-refractivity contribution in [2.75, 3.05) is 24.3 Å². The molecular formula is C23H19CuF2N5O14S4. The van der Waals surface area contributed by atoms with Crippen LogP contribution in [0.4, 0.5) is 31.7 Å². The van der Waals surface area contributed by atoms with Crippen LogP contribution < -0.4 is 4.90 Å². The normalized spacial score (nSPS) is 12.7. The molecule has 0 bridgehead atoms. The molecule has 26 heteroatoms. The molecule has 0 saturated carbocycles. The topological polar surface area (TPSA) is 301 Å². The van der Waals surface area contributed by atoms with Crippen LogP contribution >= 0.6 is 0 Å². The molecule has 5 N–H and O–H groups in total. The van der Waals surface area contributed by atoms with Crippen LogP contribution in [0.5, 0.6) is 11.5 Å². The fourth-order valence-electron chi connectivity index (χ4n) is 4.02. The number of fused-ring (bicyclic) bond motifs is 1. The molecule has 0 aliphatic heterocycles. The minimum absolute atomic E-state index is 0. The number of rotatable bonds is 11. The van der Waals surface area contributed by atoms with Gasteiger partial charge in [0.05, 0.1) is 17.3 Å². The standard InChI is InChI=1S/C23H19F2N5O14S4.Cu/c1-30(19-10-18(24)26-23(25)27-19)12-2-3-14-11(6-12)7-16(46(35,36)37)20(21(14)31)29-28-15-8-13(9-17(22(15)32)47(38,39)40)45(33,34)5-4-44-48(41,42)43;/h2-3,6-10,31-32H,4-5H2,1H3,(H,35,36,37)(H,38,39,40)(H,41,42,43);. The van der Waals surface area contributed by atoms with Gasteiger partial charge in [-0.1, -0.05) is 0 Å². The van der Waals surface area contributed by atoms with E-state index in [0.717, 1.165) is 17.0 Å². The summed E-state index contributed by atoms with van der Waals surface area (Å²) in [6.45, 7) is -1.16. The minimum Gasteiger partial charge on any atom is -0.505 e. The quantitative estimate of drug-likeness (QED) is 0.0477. The third kappa shape index (κ3) is 9.18. The van der Waals surface area contributed by atoms with Crippen LogP contribution in [0.3, 0.4) is 0 Å². The van der Waals surface area contributed by atoms with Gasteiger partial charge in [-0.15, -0.1) is 10.2 Å². The van der Waals surface area contributed by atoms with Gasteiger partial charge in [0.25, 0.3) is 20.2 Å². The Balaban J connectivity index is 0.00000650. The van der Waals surface area contributed by atoms with E-state index in [1.807, 2.05) is 0 Å². The molecule has 0 saturated heterocycles. The Labute approximate surface area is 285 Å². The summed E-state index contributed by atoms with van der Waals surface area (Å²) < 4.78 is 155. The number of halogens is 2. The third-order valence-corrected chi connectivity index (χ3v) is 10.1. The number of hydrogen-bond acceptors (Lipinski definition) is 16. The van der Waals surface area contributed by atoms with Gasteiger partial charge < -0.3 is 15.1 Å². The van der Waals surface area contributed by atoms with Crippen molar-refractivity contribution in [2.45, 2.75) is 14.7 Å². The molecule has 19 nitrogen and oxygen atoms in total. The predicted octanol–water partition coefficient (Wildman–Crippen LogP) is 2.59. The zero-order valence-electron chi connectivity index (χ0n) is 23.8. The molecule has 49 heavy (non-hydrogen) atoms. The SMILES string of the molecule is CN(c1ccc2c(O)c(N=Nc3cc(S(=O)(=O)CCOS(=O)(=O)O)cc(S(=O)(=O)O)c3O)c(S(=O)(=O)O)cc2c1)c1cc(F)nc(F)n1.[Cu]. The van der Waals surface area contributed by atoms with Gasteiger partial charge in [-0.05, 0) is 41.8 Å². The van der Waals surface area contributed by atoms with E-state index in [-0.39, 0.29) is 45.4 Å². The van der Waals surface area contributed by atoms with Crippen LogP contribution in [0.1, 0.15) is 0 Å². The van der Waals surface area contributed by atoms with Crippen molar-refractivity contribution < 1.29 is 87.6 Å². The summed E-state index contributed by atoms with van der Waals surface area (Å²) >= 11 is 0. The van der Waals surface area contributed by atoms with E-state index in [4.69, 9.17) is 4.55 Å². The molecule has 1 aromatic heterocycles. The minimum atomic E-state index is -5.39. The van der Waals surface area contributed by atoms with Gasteiger partial charge in [0, 0.05) is 41.3 Å². The van der Waals surface area contributed by atoms with E-state index in [9.17, 15) is 61.8 Å². The maximum atomic E-state index is 13.6. The fraction of sp³-hybridized carbons (Fsp3) is 0.130. The third-order valence-electron chi connectivity index (χ3n) is 6.20. The molecule has 0 aliphatic carbocycles. The van der Waals surface area contributed by atoms with Gasteiger partial charge in [-0.25, -0.2) is 12.6 Å². The van der Waals surface area contributed by atoms with Gasteiger partial charge >= 0.3 is 16.5 Å². The number of benzene rings is 3. The molecule has 0 amide bonds. The Hall–Kier alpha value is -3.98. The van der Waals surface area contributed by atoms with Crippen LogP contribution in [0.25, 0.3) is 10.8 Å². The van der Waals surface area contributed by atoms with E-state index in [1.165, 1.54) is 25.2 Å². The number of phenols is 2. The van der Waals surface area contributed by atoms with Crippen molar-refractivity contribution in [3.05, 3.63) is 54.5 Å². The van der Waals surface area contributed by atoms with Crippen molar-refractivity contribution >= 4 is 74.1 Å². The van der Waals surface area contributed by atoms with Crippen LogP contribution in [0, 0.1) is 12.0 Å². The second-order valence-corrected chi connectivity index (χ2v) is 15.3. The Morgan fingerprint density at radius 3 is 2.02 bits per heavy atom. The zero-order chi connectivity index (χ0) is 36.0. The first-order valence-corrected chi connectivity index (χ1v) is 18.2. The molecule has 3 aromatic carbocycles. The maximum absolute atomic E-state index is 13.6. The average molecular weight is 819 g/mol. The Bertz CT molecular complexity index is 2430. The van der Waals surface area contributed by atoms with Gasteiger partial charge in [0.2, 0.25) is 5.95 Å². The number of nitrogens with zero attached hydrogens (tertiary/aromatic N) is 5. The number of aromatic hydroxyl groups is 2. The van der Waals surface area contributed by atoms with Crippen molar-refractivity contribution in [3.63, 3.8) is 0 Å². The Morgan fingerprint density at radius 1 is 0.816 bits per heavy atom. The molecule has 269 valence electrons. The van der Waals surface area contributed by atoms with Crippen molar-refractivity contribution in [3.8, 4) is 11.5 Å². The molecule has 4 aromatic rings. The summed E-state index contributed by atoms with van der Waals surface area (Å²) in [5.74, 6) is -5.04. The van der Waals surface area contributed by atoms with Crippen LogP contribution in [0.15, 0.2) is 67.4 Å². The summed E-state index contributed by atoms with van der Waals surface area (Å²) in [5.41, 5.74) is -1.92. The van der Waals surface area contributed by atoms with Crippen LogP contribution in [-0.2, 0) is 61.7 Å². The zero-order valence-corrected chi connectivity index (χ0v) is 28.0. The average Bonchev–Trinajstić information content (AvgIpc) is 2.94. The van der Waals surface area contributed by atoms with E-state index in [1.54, 1.807) is 0 Å². The summed E-state index contributed by atoms with van der Waals surface area (Å²) in [7, 11) is -19.1. The Morgan fingerprint density at radius 2 is 1.45 bits per heavy atom. The molecule has 4 rings (SSSR count). The van der Waals surface area contributed by atoms with E-state index in [2.05, 4.69) is 24.4 Å². The van der Waals surface area contributed by atoms with E-state index >= 15 is 0 Å². The van der Waals surface area contributed by atoms with Gasteiger partial charge in [0.15, 0.2) is 21.3 Å². The molecule has 0 unspecified atom stereocenters. The number of aromatic nitrogens is 2. The molecule has 0 fully saturated rings. The molecular weight excluding hydrogens is 800 g/mol. The van der Waals surface area contributed by atoms with Gasteiger partial charge in [0.1, 0.15) is 27.0 Å². The first kappa shape index (κ1) is 39.5. The predicted molar refractivity (Wildman–Crippen MR) is 157 cm³/mol. The van der Waals surface area contributed by atoms with E-state index < -0.39 is 102 Å². The van der Waals surface area contributed by atoms with Crippen LogP contribution in [0.2, 0.25) is 0 Å². The molecule has 0 aliphatic rings. The Kier molecular flexibility index (Phi) is 11.4. The number of sulfone groups is 1. The summed E-state index contributed by atoms with van der Waals surface area (Å²) in [6.07, 6.45) is -1.39. The largest absolute Gasteiger partial charge is 0.505 e. The van der Waals surface area contributed by atoms with Crippen molar-refractivity contribution in [1.29, 1.82) is 0 Å². The number of phenolic OH excluding ortho intramolecular Hbond substituents is 2. The van der Waals surface area contributed by atoms with Crippen molar-refractivity contribution in [1.82, 2.24) is 9.97 Å². The second-order valence-electron chi connectivity index (χ2n) is 9.36. The molecule has 1 radical (unpaired) electrons. The van der Waals surface area contributed by atoms with Crippen molar-refractivity contribution in [2.24, 2.45) is 10.2 Å². The molecule has 1 heterocycles. The number of azo groups is 1. The maximum Gasteiger partial charge on any atom is 0.397 e. The summed E-state index contributed by atoms with van der Waals surface area (Å²) in [5, 5.41) is 28.0. The first-order chi connectivity index (χ1) is 22.0. The van der Waals surface area contributed by atoms with Crippen LogP contribution in [-0.4, -0.2) is 86.9 Å². The number of hydrogen-bond donors (Lipinski definition) is 5. The monoisotopic (exact) mass is 818 g/mol. The summed E-state index contributed by atoms with van der Waals surface area (Å²) in [4.78, 5) is 3.92. The first-order valence-electron chi connectivity index (χ1n) is 12.3. The fourth-order valence-corrected chi connectivity index (χ4v) is 6.90. The molecule has 0 atom stereocenters. The smallest absolute Gasteiger partial charge is 0.397 e. The van der Waals surface area contributed by atoms with E-state index in [0.29, 0.717) is 6.07 Å².